The molecule has 9 nitrogen and oxygen atoms in total. The van der Waals surface area contributed by atoms with Gasteiger partial charge < -0.3 is 30.5 Å². The third-order valence-corrected chi connectivity index (χ3v) is 3.46. The number of ether oxygens (including phenoxy) is 2. The van der Waals surface area contributed by atoms with Crippen molar-refractivity contribution in [2.75, 3.05) is 39.5 Å². The van der Waals surface area contributed by atoms with E-state index in [0.29, 0.717) is 32.4 Å². The van der Waals surface area contributed by atoms with Crippen LogP contribution in [0.5, 0.6) is 0 Å². The number of aliphatic hydroxyl groups is 3. The predicted molar refractivity (Wildman–Crippen MR) is 90.6 cm³/mol. The summed E-state index contributed by atoms with van der Waals surface area (Å²) in [5.74, 6) is -0.902. The Morgan fingerprint density at radius 2 is 1.76 bits per heavy atom. The summed E-state index contributed by atoms with van der Waals surface area (Å²) in [6.07, 6.45) is 0.0157. The molecule has 0 aliphatic heterocycles. The van der Waals surface area contributed by atoms with Crippen LogP contribution in [-0.4, -0.2) is 89.9 Å². The molecule has 0 heterocycles. The number of hydrogen-bond acceptors (Lipinski definition) is 9. The summed E-state index contributed by atoms with van der Waals surface area (Å²) in [6.45, 7) is 3.65. The summed E-state index contributed by atoms with van der Waals surface area (Å²) in [5.41, 5.74) is 5.72. The average Bonchev–Trinajstić information content (AvgIpc) is 2.56. The molecule has 0 aromatic heterocycles. The number of carbonyl (C=O) groups excluding carboxylic acids is 2. The van der Waals surface area contributed by atoms with E-state index in [9.17, 15) is 19.8 Å². The molecule has 0 aromatic rings. The molecule has 0 aromatic carbocycles. The van der Waals surface area contributed by atoms with Crippen molar-refractivity contribution in [1.82, 2.24) is 4.90 Å². The molecule has 3 unspecified atom stereocenters. The molecule has 0 aliphatic rings. The highest BCUT2D eigenvalue weighted by Crippen LogP contribution is 2.05. The van der Waals surface area contributed by atoms with Crippen molar-refractivity contribution in [1.29, 1.82) is 0 Å². The lowest BCUT2D eigenvalue weighted by Gasteiger charge is -2.26. The van der Waals surface area contributed by atoms with Crippen LogP contribution in [-0.2, 0) is 19.1 Å². The van der Waals surface area contributed by atoms with Crippen LogP contribution in [0.4, 0.5) is 0 Å². The second-order valence-electron chi connectivity index (χ2n) is 5.91. The van der Waals surface area contributed by atoms with Crippen LogP contribution < -0.4 is 5.73 Å². The third kappa shape index (κ3) is 12.7. The second kappa shape index (κ2) is 14.0. The topological polar surface area (TPSA) is 143 Å². The normalized spacial score (nSPS) is 14.8. The van der Waals surface area contributed by atoms with E-state index in [-0.39, 0.29) is 26.3 Å². The molecule has 0 amide bonds. The first-order valence-corrected chi connectivity index (χ1v) is 8.55. The number of hydrogen-bond donors (Lipinski definition) is 4. The van der Waals surface area contributed by atoms with Gasteiger partial charge in [0.15, 0.2) is 0 Å². The molecule has 148 valence electrons. The maximum atomic E-state index is 11.4. The fourth-order valence-electron chi connectivity index (χ4n) is 2.24. The highest BCUT2D eigenvalue weighted by atomic mass is 16.5. The second-order valence-corrected chi connectivity index (χ2v) is 5.91. The van der Waals surface area contributed by atoms with E-state index in [4.69, 9.17) is 20.3 Å². The first kappa shape index (κ1) is 23.7. The van der Waals surface area contributed by atoms with Crippen molar-refractivity contribution in [2.45, 2.75) is 51.4 Å². The number of carbonyl (C=O) groups is 2. The molecule has 9 heteroatoms. The van der Waals surface area contributed by atoms with Gasteiger partial charge in [0.05, 0.1) is 19.3 Å². The monoisotopic (exact) mass is 364 g/mol. The highest BCUT2D eigenvalue weighted by molar-refractivity contribution is 5.75. The summed E-state index contributed by atoms with van der Waals surface area (Å²) < 4.78 is 9.59. The zero-order chi connectivity index (χ0) is 19.2. The van der Waals surface area contributed by atoms with Gasteiger partial charge in [0.1, 0.15) is 18.8 Å². The van der Waals surface area contributed by atoms with E-state index >= 15 is 0 Å². The number of rotatable bonds is 14. The number of aliphatic hydroxyl groups excluding tert-OH is 3. The minimum atomic E-state index is -0.928. The molecule has 5 N–H and O–H groups in total. The lowest BCUT2D eigenvalue weighted by atomic mass is 10.1. The molecule has 0 fully saturated rings. The van der Waals surface area contributed by atoms with Crippen LogP contribution in [0.1, 0.15) is 33.1 Å². The molecule has 0 spiro atoms. The molecule has 0 bridgehead atoms. The number of nitrogens with zero attached hydrogens (tertiary/aromatic N) is 1. The van der Waals surface area contributed by atoms with Gasteiger partial charge in [-0.05, 0) is 26.3 Å². The van der Waals surface area contributed by atoms with Crippen LogP contribution in [0.3, 0.4) is 0 Å². The van der Waals surface area contributed by atoms with Gasteiger partial charge in [-0.15, -0.1) is 0 Å². The van der Waals surface area contributed by atoms with Gasteiger partial charge in [0.2, 0.25) is 0 Å². The number of esters is 2. The van der Waals surface area contributed by atoms with Gasteiger partial charge in [-0.1, -0.05) is 6.42 Å². The largest absolute Gasteiger partial charge is 0.465 e. The number of nitrogens with two attached hydrogens (primary N) is 1. The third-order valence-electron chi connectivity index (χ3n) is 3.46. The van der Waals surface area contributed by atoms with Gasteiger partial charge in [-0.3, -0.25) is 14.5 Å². The van der Waals surface area contributed by atoms with Gasteiger partial charge in [0.25, 0.3) is 0 Å². The van der Waals surface area contributed by atoms with E-state index < -0.39 is 30.2 Å². The minimum Gasteiger partial charge on any atom is -0.465 e. The quantitative estimate of drug-likeness (QED) is 0.217. The van der Waals surface area contributed by atoms with E-state index in [1.54, 1.807) is 11.8 Å². The Balaban J connectivity index is 4.25. The van der Waals surface area contributed by atoms with E-state index in [0.717, 1.165) is 0 Å². The van der Waals surface area contributed by atoms with Crippen LogP contribution >= 0.6 is 0 Å². The van der Waals surface area contributed by atoms with Crippen LogP contribution in [0.15, 0.2) is 0 Å². The SMILES string of the molecule is CCOC(=O)C(N)CCCCN(CC(O)CO)CC(O)COC(C)=O. The summed E-state index contributed by atoms with van der Waals surface area (Å²) >= 11 is 0. The molecule has 0 rings (SSSR count). The van der Waals surface area contributed by atoms with E-state index in [1.807, 2.05) is 0 Å². The van der Waals surface area contributed by atoms with Crippen molar-refractivity contribution in [3.05, 3.63) is 0 Å². The van der Waals surface area contributed by atoms with E-state index in [2.05, 4.69) is 0 Å². The van der Waals surface area contributed by atoms with Gasteiger partial charge >= 0.3 is 11.9 Å². The standard InChI is InChI=1S/C16H32N2O7/c1-3-24-16(23)15(17)6-4-5-7-18(8-13(21)10-19)9-14(22)11-25-12(2)20/h13-15,19,21-22H,3-11,17H2,1-2H3. The Bertz CT molecular complexity index is 381. The van der Waals surface area contributed by atoms with Crippen molar-refractivity contribution in [2.24, 2.45) is 5.73 Å². The lowest BCUT2D eigenvalue weighted by Crippen LogP contribution is -2.41. The summed E-state index contributed by atoms with van der Waals surface area (Å²) in [4.78, 5) is 24.0. The smallest absolute Gasteiger partial charge is 0.322 e. The summed E-state index contributed by atoms with van der Waals surface area (Å²) in [7, 11) is 0. The zero-order valence-electron chi connectivity index (χ0n) is 15.1. The molecule has 0 saturated heterocycles. The van der Waals surface area contributed by atoms with Gasteiger partial charge in [-0.2, -0.15) is 0 Å². The Morgan fingerprint density at radius 3 is 2.32 bits per heavy atom. The minimum absolute atomic E-state index is 0.130. The average molecular weight is 364 g/mol. The van der Waals surface area contributed by atoms with Crippen LogP contribution in [0.25, 0.3) is 0 Å². The van der Waals surface area contributed by atoms with Crippen molar-refractivity contribution >= 4 is 11.9 Å². The van der Waals surface area contributed by atoms with Crippen molar-refractivity contribution < 1.29 is 34.4 Å². The fourth-order valence-corrected chi connectivity index (χ4v) is 2.24. The summed E-state index contributed by atoms with van der Waals surface area (Å²) in [6, 6.07) is -0.661. The van der Waals surface area contributed by atoms with Gasteiger partial charge in [-0.25, -0.2) is 0 Å². The van der Waals surface area contributed by atoms with Crippen LogP contribution in [0, 0.1) is 0 Å². The zero-order valence-corrected chi connectivity index (χ0v) is 15.1. The number of unbranched alkanes of at least 4 members (excludes halogenated alkanes) is 1. The maximum Gasteiger partial charge on any atom is 0.322 e. The molecule has 3 atom stereocenters. The van der Waals surface area contributed by atoms with Crippen LogP contribution in [0.2, 0.25) is 0 Å². The first-order chi connectivity index (χ1) is 11.8. The van der Waals surface area contributed by atoms with Crippen molar-refractivity contribution in [3.8, 4) is 0 Å². The van der Waals surface area contributed by atoms with Crippen molar-refractivity contribution in [3.63, 3.8) is 0 Å². The lowest BCUT2D eigenvalue weighted by molar-refractivity contribution is -0.145. The molecule has 0 saturated carbocycles. The molecule has 0 radical (unpaired) electrons. The Morgan fingerprint density at radius 1 is 1.12 bits per heavy atom. The highest BCUT2D eigenvalue weighted by Gasteiger charge is 2.17. The molecule has 0 aliphatic carbocycles. The molecular weight excluding hydrogens is 332 g/mol. The predicted octanol–water partition coefficient (Wildman–Crippen LogP) is -1.37. The Hall–Kier alpha value is -1.26. The Kier molecular flexibility index (Phi) is 13.3. The Labute approximate surface area is 148 Å². The fraction of sp³-hybridized carbons (Fsp3) is 0.875. The first-order valence-electron chi connectivity index (χ1n) is 8.55. The maximum absolute atomic E-state index is 11.4. The van der Waals surface area contributed by atoms with Gasteiger partial charge in [0, 0.05) is 20.0 Å². The molecular formula is C16H32N2O7. The van der Waals surface area contributed by atoms with E-state index in [1.165, 1.54) is 6.92 Å². The molecule has 25 heavy (non-hydrogen) atoms. The summed E-state index contributed by atoms with van der Waals surface area (Å²) in [5, 5.41) is 28.5.